The average Bonchev–Trinajstić information content (AvgIpc) is 2.70. The van der Waals surface area contributed by atoms with E-state index in [4.69, 9.17) is 9.47 Å². The lowest BCUT2D eigenvalue weighted by atomic mass is 10.0. The Morgan fingerprint density at radius 1 is 1.29 bits per heavy atom. The van der Waals surface area contributed by atoms with E-state index < -0.39 is 15.9 Å². The number of rotatable bonds is 5. The molecular weight excluding hydrogens is 294 g/mol. The number of quaternary nitrogens is 1. The molecule has 1 aliphatic rings. The fourth-order valence-corrected chi connectivity index (χ4v) is 4.53. The van der Waals surface area contributed by atoms with Gasteiger partial charge in [0.25, 0.3) is 0 Å². The minimum Gasteiger partial charge on any atom is -0.497 e. The zero-order chi connectivity index (χ0) is 15.6. The van der Waals surface area contributed by atoms with Crippen LogP contribution in [0.15, 0.2) is 18.2 Å². The number of aliphatic hydroxyl groups is 1. The Morgan fingerprint density at radius 3 is 2.52 bits per heavy atom. The highest BCUT2D eigenvalue weighted by Gasteiger charge is 2.40. The van der Waals surface area contributed by atoms with Gasteiger partial charge in [0.15, 0.2) is 9.84 Å². The van der Waals surface area contributed by atoms with Gasteiger partial charge in [0.05, 0.1) is 25.5 Å². The summed E-state index contributed by atoms with van der Waals surface area (Å²) in [7, 11) is 0.0426. The molecule has 1 saturated heterocycles. The lowest BCUT2D eigenvalue weighted by Crippen LogP contribution is -2.92. The highest BCUT2D eigenvalue weighted by atomic mass is 32.2. The highest BCUT2D eigenvalue weighted by molar-refractivity contribution is 7.91. The van der Waals surface area contributed by atoms with Crippen molar-refractivity contribution in [3.63, 3.8) is 0 Å². The molecule has 6 nitrogen and oxygen atoms in total. The van der Waals surface area contributed by atoms with Gasteiger partial charge in [-0.3, -0.25) is 0 Å². The molecule has 0 saturated carbocycles. The van der Waals surface area contributed by atoms with E-state index in [1.54, 1.807) is 14.2 Å². The Morgan fingerprint density at radius 2 is 2.00 bits per heavy atom. The van der Waals surface area contributed by atoms with Gasteiger partial charge in [0.2, 0.25) is 0 Å². The summed E-state index contributed by atoms with van der Waals surface area (Å²) in [5.41, 5.74) is 0.911. The molecular formula is C14H22NO5S+. The standard InChI is InChI=1S/C14H21NO5S/c1-9(15-12-7-21(17,18)8-13(12)16)11-6-10(19-2)4-5-14(11)20-3/h4-6,9,12-13,15-16H,7-8H2,1-3H3/p+1/t9-,12+,13-/m0/s1. The van der Waals surface area contributed by atoms with Crippen LogP contribution in [0.1, 0.15) is 18.5 Å². The van der Waals surface area contributed by atoms with Crippen LogP contribution in [0.2, 0.25) is 0 Å². The summed E-state index contributed by atoms with van der Waals surface area (Å²) in [6.07, 6.45) is -0.825. The fourth-order valence-electron chi connectivity index (χ4n) is 2.71. The summed E-state index contributed by atoms with van der Waals surface area (Å²) >= 11 is 0. The molecule has 1 heterocycles. The van der Waals surface area contributed by atoms with Crippen molar-refractivity contribution >= 4 is 9.84 Å². The summed E-state index contributed by atoms with van der Waals surface area (Å²) in [4.78, 5) is 0. The second-order valence-electron chi connectivity index (χ2n) is 5.40. The van der Waals surface area contributed by atoms with Crippen LogP contribution in [0, 0.1) is 0 Å². The third-order valence-corrected chi connectivity index (χ3v) is 5.57. The Hall–Kier alpha value is -1.31. The number of benzene rings is 1. The summed E-state index contributed by atoms with van der Waals surface area (Å²) in [5, 5.41) is 11.8. The second-order valence-corrected chi connectivity index (χ2v) is 7.55. The first-order valence-electron chi connectivity index (χ1n) is 6.81. The average molecular weight is 316 g/mol. The molecule has 2 rings (SSSR count). The Kier molecular flexibility index (Phi) is 4.75. The molecule has 1 fully saturated rings. The van der Waals surface area contributed by atoms with Crippen molar-refractivity contribution in [1.82, 2.24) is 0 Å². The molecule has 0 bridgehead atoms. The van der Waals surface area contributed by atoms with Crippen molar-refractivity contribution in [3.8, 4) is 11.5 Å². The van der Waals surface area contributed by atoms with E-state index in [0.717, 1.165) is 11.3 Å². The molecule has 0 aromatic heterocycles. The molecule has 0 unspecified atom stereocenters. The van der Waals surface area contributed by atoms with Crippen molar-refractivity contribution in [2.75, 3.05) is 25.7 Å². The Bertz CT molecular complexity index is 601. The van der Waals surface area contributed by atoms with Crippen LogP contribution < -0.4 is 14.8 Å². The van der Waals surface area contributed by atoms with Crippen molar-refractivity contribution < 1.29 is 28.3 Å². The molecule has 3 N–H and O–H groups in total. The Labute approximate surface area is 125 Å². The first kappa shape index (κ1) is 16.1. The summed E-state index contributed by atoms with van der Waals surface area (Å²) in [5.74, 6) is 1.28. The first-order chi connectivity index (χ1) is 9.86. The third kappa shape index (κ3) is 3.66. The molecule has 1 aliphatic heterocycles. The monoisotopic (exact) mass is 316 g/mol. The summed E-state index contributed by atoms with van der Waals surface area (Å²) in [6, 6.07) is 5.10. The van der Waals surface area contributed by atoms with Gasteiger partial charge in [-0.1, -0.05) is 0 Å². The molecule has 118 valence electrons. The van der Waals surface area contributed by atoms with Gasteiger partial charge in [-0.2, -0.15) is 0 Å². The van der Waals surface area contributed by atoms with Gasteiger partial charge >= 0.3 is 0 Å². The van der Waals surface area contributed by atoms with Crippen LogP contribution in [0.4, 0.5) is 0 Å². The SMILES string of the molecule is COc1ccc(OC)c([C@H](C)[NH2+][C@@H]2CS(=O)(=O)C[C@@H]2O)c1. The zero-order valence-corrected chi connectivity index (χ0v) is 13.3. The van der Waals surface area contributed by atoms with E-state index in [-0.39, 0.29) is 23.6 Å². The predicted molar refractivity (Wildman–Crippen MR) is 78.3 cm³/mol. The topological polar surface area (TPSA) is 89.4 Å². The number of methoxy groups -OCH3 is 2. The van der Waals surface area contributed by atoms with Crippen molar-refractivity contribution in [2.24, 2.45) is 0 Å². The second kappa shape index (κ2) is 6.21. The zero-order valence-electron chi connectivity index (χ0n) is 12.4. The number of aliphatic hydroxyl groups excluding tert-OH is 1. The molecule has 0 amide bonds. The van der Waals surface area contributed by atoms with Crippen molar-refractivity contribution in [3.05, 3.63) is 23.8 Å². The molecule has 0 aliphatic carbocycles. The molecule has 1 aromatic rings. The van der Waals surface area contributed by atoms with E-state index in [1.807, 2.05) is 30.4 Å². The molecule has 0 spiro atoms. The van der Waals surface area contributed by atoms with Crippen LogP contribution in [0.25, 0.3) is 0 Å². The van der Waals surface area contributed by atoms with Gasteiger partial charge in [-0.05, 0) is 25.1 Å². The highest BCUT2D eigenvalue weighted by Crippen LogP contribution is 2.27. The predicted octanol–water partition coefficient (Wildman–Crippen LogP) is -0.514. The fraction of sp³-hybridized carbons (Fsp3) is 0.571. The van der Waals surface area contributed by atoms with Gasteiger partial charge < -0.3 is 19.9 Å². The number of nitrogens with two attached hydrogens (primary N) is 1. The minimum atomic E-state index is -3.14. The molecule has 1 aromatic carbocycles. The number of hydrogen-bond acceptors (Lipinski definition) is 5. The van der Waals surface area contributed by atoms with E-state index in [0.29, 0.717) is 5.75 Å². The van der Waals surface area contributed by atoms with Gasteiger partial charge in [-0.15, -0.1) is 0 Å². The quantitative estimate of drug-likeness (QED) is 0.763. The molecule has 7 heteroatoms. The maximum absolute atomic E-state index is 11.6. The van der Waals surface area contributed by atoms with Crippen LogP contribution in [-0.2, 0) is 9.84 Å². The van der Waals surface area contributed by atoms with Gasteiger partial charge in [0, 0.05) is 0 Å². The van der Waals surface area contributed by atoms with E-state index in [2.05, 4.69) is 0 Å². The third-order valence-electron chi connectivity index (χ3n) is 3.83. The maximum atomic E-state index is 11.6. The van der Waals surface area contributed by atoms with Crippen molar-refractivity contribution in [1.29, 1.82) is 0 Å². The first-order valence-corrected chi connectivity index (χ1v) is 8.64. The van der Waals surface area contributed by atoms with E-state index in [1.165, 1.54) is 0 Å². The van der Waals surface area contributed by atoms with Crippen LogP contribution in [0.3, 0.4) is 0 Å². The lowest BCUT2D eigenvalue weighted by Gasteiger charge is -2.20. The number of ether oxygens (including phenoxy) is 2. The number of hydrogen-bond donors (Lipinski definition) is 2. The molecule has 3 atom stereocenters. The Balaban J connectivity index is 2.18. The molecule has 21 heavy (non-hydrogen) atoms. The van der Waals surface area contributed by atoms with Gasteiger partial charge in [-0.25, -0.2) is 8.42 Å². The van der Waals surface area contributed by atoms with Crippen molar-refractivity contribution in [2.45, 2.75) is 25.1 Å². The van der Waals surface area contributed by atoms with Crippen LogP contribution >= 0.6 is 0 Å². The van der Waals surface area contributed by atoms with Crippen LogP contribution in [0.5, 0.6) is 11.5 Å². The van der Waals surface area contributed by atoms with Gasteiger partial charge in [0.1, 0.15) is 35.4 Å². The smallest absolute Gasteiger partial charge is 0.159 e. The summed E-state index contributed by atoms with van der Waals surface area (Å²) in [6.45, 7) is 1.95. The van der Waals surface area contributed by atoms with Crippen LogP contribution in [-0.4, -0.2) is 51.4 Å². The summed E-state index contributed by atoms with van der Waals surface area (Å²) < 4.78 is 33.7. The van der Waals surface area contributed by atoms with E-state index >= 15 is 0 Å². The minimum absolute atomic E-state index is 0.00475. The molecule has 0 radical (unpaired) electrons. The van der Waals surface area contributed by atoms with E-state index in [9.17, 15) is 13.5 Å². The normalized spacial score (nSPS) is 25.5. The lowest BCUT2D eigenvalue weighted by molar-refractivity contribution is -0.725. The number of sulfone groups is 1. The maximum Gasteiger partial charge on any atom is 0.159 e. The largest absolute Gasteiger partial charge is 0.497 e.